The molecule has 0 atom stereocenters. The molecule has 2 aromatic rings. The van der Waals surface area contributed by atoms with Gasteiger partial charge in [0.05, 0.1) is 14.2 Å². The fourth-order valence-corrected chi connectivity index (χ4v) is 2.73. The lowest BCUT2D eigenvalue weighted by atomic mass is 10.2. The van der Waals surface area contributed by atoms with E-state index in [-0.39, 0.29) is 5.91 Å². The Morgan fingerprint density at radius 1 is 1.00 bits per heavy atom. The first-order valence-corrected chi connectivity index (χ1v) is 9.24. The second-order valence-corrected chi connectivity index (χ2v) is 6.23. The highest BCUT2D eigenvalue weighted by Gasteiger charge is 2.10. The molecule has 2 aromatic carbocycles. The summed E-state index contributed by atoms with van der Waals surface area (Å²) in [4.78, 5) is 13.4. The summed E-state index contributed by atoms with van der Waals surface area (Å²) in [5, 5.41) is 6.21. The minimum absolute atomic E-state index is 0.132. The van der Waals surface area contributed by atoms with Gasteiger partial charge in [-0.1, -0.05) is 12.1 Å². The first kappa shape index (κ1) is 19.1. The number of thioether (sulfide) groups is 1. The molecule has 0 spiro atoms. The van der Waals surface area contributed by atoms with Crippen LogP contribution in [0.4, 0.5) is 0 Å². The first-order valence-electron chi connectivity index (χ1n) is 8.01. The molecule has 0 saturated carbocycles. The van der Waals surface area contributed by atoms with Gasteiger partial charge in [0.15, 0.2) is 11.5 Å². The molecule has 5 nitrogen and oxygen atoms in total. The molecule has 0 heterocycles. The third-order valence-electron chi connectivity index (χ3n) is 3.72. The van der Waals surface area contributed by atoms with E-state index in [0.717, 1.165) is 6.54 Å². The summed E-state index contributed by atoms with van der Waals surface area (Å²) >= 11 is 1.73. The monoisotopic (exact) mass is 360 g/mol. The van der Waals surface area contributed by atoms with Crippen molar-refractivity contribution in [2.45, 2.75) is 11.4 Å². The van der Waals surface area contributed by atoms with Crippen molar-refractivity contribution in [3.05, 3.63) is 53.6 Å². The number of carbonyl (C=O) groups is 1. The van der Waals surface area contributed by atoms with Gasteiger partial charge < -0.3 is 20.1 Å². The predicted molar refractivity (Wildman–Crippen MR) is 102 cm³/mol. The highest BCUT2D eigenvalue weighted by atomic mass is 32.2. The second-order valence-electron chi connectivity index (χ2n) is 5.35. The van der Waals surface area contributed by atoms with Crippen molar-refractivity contribution in [3.8, 4) is 11.5 Å². The normalized spacial score (nSPS) is 10.4. The van der Waals surface area contributed by atoms with Crippen molar-refractivity contribution < 1.29 is 14.3 Å². The van der Waals surface area contributed by atoms with Gasteiger partial charge in [-0.05, 0) is 42.2 Å². The smallest absolute Gasteiger partial charge is 0.251 e. The Morgan fingerprint density at radius 3 is 2.36 bits per heavy atom. The Morgan fingerprint density at radius 2 is 1.72 bits per heavy atom. The molecule has 2 rings (SSSR count). The standard InChI is InChI=1S/C19H24N2O3S/c1-23-17-9-6-15(12-18(17)24-2)19(22)21-11-10-20-13-14-4-7-16(25-3)8-5-14/h4-9,12,20H,10-11,13H2,1-3H3,(H,21,22). The molecule has 0 radical (unpaired) electrons. The van der Waals surface area contributed by atoms with Gasteiger partial charge in [-0.3, -0.25) is 4.79 Å². The van der Waals surface area contributed by atoms with Crippen LogP contribution in [0.5, 0.6) is 11.5 Å². The SMILES string of the molecule is COc1ccc(C(=O)NCCNCc2ccc(SC)cc2)cc1OC. The van der Waals surface area contributed by atoms with Crippen molar-refractivity contribution in [1.29, 1.82) is 0 Å². The van der Waals surface area contributed by atoms with Gasteiger partial charge in [-0.2, -0.15) is 0 Å². The number of ether oxygens (including phenoxy) is 2. The van der Waals surface area contributed by atoms with E-state index in [9.17, 15) is 4.79 Å². The van der Waals surface area contributed by atoms with Crippen LogP contribution in [0.3, 0.4) is 0 Å². The maximum Gasteiger partial charge on any atom is 0.251 e. The molecule has 0 aliphatic rings. The molecule has 0 bridgehead atoms. The van der Waals surface area contributed by atoms with Gasteiger partial charge in [0.2, 0.25) is 0 Å². The van der Waals surface area contributed by atoms with E-state index in [0.29, 0.717) is 30.2 Å². The first-order chi connectivity index (χ1) is 12.2. The maximum absolute atomic E-state index is 12.2. The van der Waals surface area contributed by atoms with Crippen LogP contribution >= 0.6 is 11.8 Å². The quantitative estimate of drug-likeness (QED) is 0.532. The lowest BCUT2D eigenvalue weighted by Gasteiger charge is -2.10. The fourth-order valence-electron chi connectivity index (χ4n) is 2.32. The molecule has 6 heteroatoms. The van der Waals surface area contributed by atoms with Crippen LogP contribution < -0.4 is 20.1 Å². The summed E-state index contributed by atoms with van der Waals surface area (Å²) in [6.07, 6.45) is 2.06. The van der Waals surface area contributed by atoms with Crippen molar-refractivity contribution in [2.24, 2.45) is 0 Å². The molecule has 0 aromatic heterocycles. The van der Waals surface area contributed by atoms with E-state index in [4.69, 9.17) is 9.47 Å². The van der Waals surface area contributed by atoms with Crippen LogP contribution in [0, 0.1) is 0 Å². The van der Waals surface area contributed by atoms with Crippen molar-refractivity contribution in [3.63, 3.8) is 0 Å². The third kappa shape index (κ3) is 5.69. The Kier molecular flexibility index (Phi) is 7.63. The van der Waals surface area contributed by atoms with Crippen molar-refractivity contribution >= 4 is 17.7 Å². The van der Waals surface area contributed by atoms with E-state index in [2.05, 4.69) is 41.2 Å². The molecule has 134 valence electrons. The zero-order valence-corrected chi connectivity index (χ0v) is 15.6. The van der Waals surface area contributed by atoms with Gasteiger partial charge in [0.1, 0.15) is 0 Å². The molecule has 0 saturated heterocycles. The second kappa shape index (κ2) is 9.96. The van der Waals surface area contributed by atoms with Gasteiger partial charge in [-0.25, -0.2) is 0 Å². The van der Waals surface area contributed by atoms with Crippen LogP contribution in [-0.4, -0.2) is 39.5 Å². The fraction of sp³-hybridized carbons (Fsp3) is 0.316. The number of rotatable bonds is 9. The molecule has 25 heavy (non-hydrogen) atoms. The average molecular weight is 360 g/mol. The highest BCUT2D eigenvalue weighted by molar-refractivity contribution is 7.98. The number of amides is 1. The molecule has 0 fully saturated rings. The van der Waals surface area contributed by atoms with E-state index < -0.39 is 0 Å². The number of benzene rings is 2. The summed E-state index contributed by atoms with van der Waals surface area (Å²) in [6.45, 7) is 2.03. The topological polar surface area (TPSA) is 59.6 Å². The van der Waals surface area contributed by atoms with Crippen LogP contribution in [0.1, 0.15) is 15.9 Å². The summed E-state index contributed by atoms with van der Waals surface area (Å²) < 4.78 is 10.4. The van der Waals surface area contributed by atoms with Crippen LogP contribution in [0.15, 0.2) is 47.4 Å². The van der Waals surface area contributed by atoms with E-state index in [1.54, 1.807) is 44.2 Å². The molecular formula is C19H24N2O3S. The van der Waals surface area contributed by atoms with Crippen molar-refractivity contribution in [1.82, 2.24) is 10.6 Å². The lowest BCUT2D eigenvalue weighted by Crippen LogP contribution is -2.31. The Balaban J connectivity index is 1.74. The molecule has 0 aliphatic carbocycles. The molecule has 0 aliphatic heterocycles. The lowest BCUT2D eigenvalue weighted by molar-refractivity contribution is 0.0953. The third-order valence-corrected chi connectivity index (χ3v) is 4.46. The predicted octanol–water partition coefficient (Wildman–Crippen LogP) is 2.95. The number of hydrogen-bond acceptors (Lipinski definition) is 5. The summed E-state index contributed by atoms with van der Waals surface area (Å²) in [5.41, 5.74) is 1.77. The highest BCUT2D eigenvalue weighted by Crippen LogP contribution is 2.27. The van der Waals surface area contributed by atoms with E-state index in [1.807, 2.05) is 0 Å². The molecule has 0 unspecified atom stereocenters. The van der Waals surface area contributed by atoms with Gasteiger partial charge in [0.25, 0.3) is 5.91 Å². The minimum Gasteiger partial charge on any atom is -0.493 e. The molecule has 2 N–H and O–H groups in total. The Labute approximate surface area is 153 Å². The molecular weight excluding hydrogens is 336 g/mol. The average Bonchev–Trinajstić information content (AvgIpc) is 2.67. The zero-order chi connectivity index (χ0) is 18.1. The maximum atomic E-state index is 12.2. The Bertz CT molecular complexity index is 690. The van der Waals surface area contributed by atoms with Gasteiger partial charge in [0, 0.05) is 30.1 Å². The number of hydrogen-bond donors (Lipinski definition) is 2. The zero-order valence-electron chi connectivity index (χ0n) is 14.8. The van der Waals surface area contributed by atoms with E-state index >= 15 is 0 Å². The Hall–Kier alpha value is -2.18. The summed E-state index contributed by atoms with van der Waals surface area (Å²) in [5.74, 6) is 1.02. The number of nitrogens with one attached hydrogen (secondary N) is 2. The van der Waals surface area contributed by atoms with Gasteiger partial charge in [-0.15, -0.1) is 11.8 Å². The molecule has 1 amide bonds. The van der Waals surface area contributed by atoms with Crippen LogP contribution in [0.2, 0.25) is 0 Å². The largest absolute Gasteiger partial charge is 0.493 e. The van der Waals surface area contributed by atoms with E-state index in [1.165, 1.54) is 10.5 Å². The van der Waals surface area contributed by atoms with Gasteiger partial charge >= 0.3 is 0 Å². The van der Waals surface area contributed by atoms with Crippen LogP contribution in [0.25, 0.3) is 0 Å². The van der Waals surface area contributed by atoms with Crippen LogP contribution in [-0.2, 0) is 6.54 Å². The number of methoxy groups -OCH3 is 2. The minimum atomic E-state index is -0.132. The van der Waals surface area contributed by atoms with Crippen molar-refractivity contribution in [2.75, 3.05) is 33.6 Å². The summed E-state index contributed by atoms with van der Waals surface area (Å²) in [7, 11) is 3.12. The number of carbonyl (C=O) groups excluding carboxylic acids is 1. The summed E-state index contributed by atoms with van der Waals surface area (Å²) in [6, 6.07) is 13.6.